The lowest BCUT2D eigenvalue weighted by Crippen LogP contribution is -2.38. The number of carbonyl (C=O) groups is 2. The third-order valence-electron chi connectivity index (χ3n) is 3.90. The maximum absolute atomic E-state index is 12.6. The number of nitrogens with two attached hydrogens (primary N) is 1. The summed E-state index contributed by atoms with van der Waals surface area (Å²) < 4.78 is 12.0. The highest BCUT2D eigenvalue weighted by atomic mass is 79.9. The van der Waals surface area contributed by atoms with Crippen LogP contribution in [-0.4, -0.2) is 42.2 Å². The Hall–Kier alpha value is -1.67. The van der Waals surface area contributed by atoms with E-state index in [9.17, 15) is 9.59 Å². The molecule has 0 bridgehead atoms. The first-order chi connectivity index (χ1) is 12.0. The Balaban J connectivity index is 2.07. The van der Waals surface area contributed by atoms with Crippen molar-refractivity contribution in [2.45, 2.75) is 51.2 Å². The zero-order valence-electron chi connectivity index (χ0n) is 14.3. The lowest BCUT2D eigenvalue weighted by Gasteiger charge is -2.18. The van der Waals surface area contributed by atoms with Gasteiger partial charge in [0.2, 0.25) is 5.91 Å². The zero-order chi connectivity index (χ0) is 18.2. The summed E-state index contributed by atoms with van der Waals surface area (Å²) >= 11 is 3.34. The van der Waals surface area contributed by atoms with E-state index in [0.717, 1.165) is 25.9 Å². The van der Waals surface area contributed by atoms with Gasteiger partial charge in [0.05, 0.1) is 6.10 Å². The third kappa shape index (κ3) is 6.28. The summed E-state index contributed by atoms with van der Waals surface area (Å²) in [7, 11) is 0. The zero-order valence-corrected chi connectivity index (χ0v) is 15.9. The third-order valence-corrected chi connectivity index (χ3v) is 4.34. The second-order valence-corrected chi connectivity index (χ2v) is 6.99. The van der Waals surface area contributed by atoms with E-state index < -0.39 is 5.91 Å². The maximum Gasteiger partial charge on any atom is 0.273 e. The van der Waals surface area contributed by atoms with Gasteiger partial charge in [0.1, 0.15) is 6.61 Å². The molecule has 0 aliphatic carbocycles. The molecule has 1 saturated heterocycles. The predicted octanol–water partition coefficient (Wildman–Crippen LogP) is 2.18. The van der Waals surface area contributed by atoms with Crippen molar-refractivity contribution in [3.63, 3.8) is 0 Å². The molecule has 2 atom stereocenters. The van der Waals surface area contributed by atoms with Gasteiger partial charge in [-0.05, 0) is 41.3 Å². The van der Waals surface area contributed by atoms with Crippen LogP contribution in [0.1, 0.15) is 49.5 Å². The molecule has 0 radical (unpaired) electrons. The highest BCUT2D eigenvalue weighted by molar-refractivity contribution is 9.10. The SMILES string of the molecule is CCC[C@@H](CC(N)=O)NC(=O)c1ncc(Br)cc1OCC1CCCO1. The molecule has 0 spiro atoms. The number of nitrogens with one attached hydrogen (secondary N) is 1. The number of hydrogen-bond acceptors (Lipinski definition) is 5. The fraction of sp³-hybridized carbons (Fsp3) is 0.588. The first-order valence-corrected chi connectivity index (χ1v) is 9.28. The van der Waals surface area contributed by atoms with E-state index in [4.69, 9.17) is 15.2 Å². The summed E-state index contributed by atoms with van der Waals surface area (Å²) in [4.78, 5) is 27.9. The number of nitrogens with zero attached hydrogens (tertiary/aromatic N) is 1. The molecule has 3 N–H and O–H groups in total. The molecule has 2 heterocycles. The minimum Gasteiger partial charge on any atom is -0.488 e. The average molecular weight is 414 g/mol. The summed E-state index contributed by atoms with van der Waals surface area (Å²) in [6, 6.07) is 1.39. The minimum atomic E-state index is -0.447. The van der Waals surface area contributed by atoms with E-state index in [2.05, 4.69) is 26.2 Å². The van der Waals surface area contributed by atoms with Crippen molar-refractivity contribution in [2.24, 2.45) is 5.73 Å². The van der Waals surface area contributed by atoms with Crippen molar-refractivity contribution >= 4 is 27.7 Å². The molecule has 0 saturated carbocycles. The van der Waals surface area contributed by atoms with Crippen LogP contribution in [0.3, 0.4) is 0 Å². The molecule has 138 valence electrons. The summed E-state index contributed by atoms with van der Waals surface area (Å²) in [5.41, 5.74) is 5.44. The number of rotatable bonds is 9. The summed E-state index contributed by atoms with van der Waals surface area (Å²) in [5, 5.41) is 2.82. The first-order valence-electron chi connectivity index (χ1n) is 8.48. The lowest BCUT2D eigenvalue weighted by molar-refractivity contribution is -0.118. The normalized spacial score (nSPS) is 17.9. The van der Waals surface area contributed by atoms with Crippen LogP contribution in [0.2, 0.25) is 0 Å². The van der Waals surface area contributed by atoms with Gasteiger partial charge in [0.15, 0.2) is 11.4 Å². The van der Waals surface area contributed by atoms with E-state index in [1.165, 1.54) is 6.20 Å². The van der Waals surface area contributed by atoms with Crippen LogP contribution in [0.5, 0.6) is 5.75 Å². The van der Waals surface area contributed by atoms with Gasteiger partial charge in [0.25, 0.3) is 5.91 Å². The molecule has 7 nitrogen and oxygen atoms in total. The van der Waals surface area contributed by atoms with Crippen LogP contribution in [0.4, 0.5) is 0 Å². The Morgan fingerprint density at radius 3 is 3.00 bits per heavy atom. The monoisotopic (exact) mass is 413 g/mol. The van der Waals surface area contributed by atoms with Gasteiger partial charge in [-0.3, -0.25) is 9.59 Å². The number of pyridine rings is 1. The van der Waals surface area contributed by atoms with Crippen molar-refractivity contribution < 1.29 is 19.1 Å². The summed E-state index contributed by atoms with van der Waals surface area (Å²) in [6.07, 6.45) is 5.13. The van der Waals surface area contributed by atoms with Crippen LogP contribution in [0.15, 0.2) is 16.7 Å². The lowest BCUT2D eigenvalue weighted by atomic mass is 10.1. The largest absolute Gasteiger partial charge is 0.488 e. The van der Waals surface area contributed by atoms with Crippen LogP contribution in [0, 0.1) is 0 Å². The van der Waals surface area contributed by atoms with E-state index in [1.54, 1.807) is 6.07 Å². The molecule has 2 amide bonds. The summed E-state index contributed by atoms with van der Waals surface area (Å²) in [6.45, 7) is 3.09. The van der Waals surface area contributed by atoms with Crippen LogP contribution < -0.4 is 15.8 Å². The molecule has 1 aliphatic rings. The molecule has 2 rings (SSSR count). The smallest absolute Gasteiger partial charge is 0.273 e. The molecule has 1 unspecified atom stereocenters. The van der Waals surface area contributed by atoms with Crippen molar-refractivity contribution in [3.8, 4) is 5.75 Å². The number of ether oxygens (including phenoxy) is 2. The van der Waals surface area contributed by atoms with Crippen molar-refractivity contribution in [2.75, 3.05) is 13.2 Å². The quantitative estimate of drug-likeness (QED) is 0.645. The molecule has 1 fully saturated rings. The van der Waals surface area contributed by atoms with Gasteiger partial charge in [-0.25, -0.2) is 4.98 Å². The molecule has 1 aromatic heterocycles. The second-order valence-electron chi connectivity index (χ2n) is 6.08. The van der Waals surface area contributed by atoms with Crippen LogP contribution >= 0.6 is 15.9 Å². The topological polar surface area (TPSA) is 104 Å². The average Bonchev–Trinajstić information content (AvgIpc) is 3.06. The standard InChI is InChI=1S/C17H24BrN3O4/c1-2-4-12(8-15(19)22)21-17(23)16-14(7-11(18)9-20-16)25-10-13-5-3-6-24-13/h7,9,12-13H,2-6,8,10H2,1H3,(H2,19,22)(H,21,23)/t12-,13?/m0/s1. The first kappa shape index (κ1) is 19.7. The van der Waals surface area contributed by atoms with Crippen LogP contribution in [-0.2, 0) is 9.53 Å². The van der Waals surface area contributed by atoms with Crippen molar-refractivity contribution in [3.05, 3.63) is 22.4 Å². The van der Waals surface area contributed by atoms with E-state index in [0.29, 0.717) is 23.2 Å². The van der Waals surface area contributed by atoms with Gasteiger partial charge >= 0.3 is 0 Å². The van der Waals surface area contributed by atoms with E-state index >= 15 is 0 Å². The minimum absolute atomic E-state index is 0.0394. The van der Waals surface area contributed by atoms with Crippen molar-refractivity contribution in [1.82, 2.24) is 10.3 Å². The summed E-state index contributed by atoms with van der Waals surface area (Å²) in [5.74, 6) is -0.441. The molecule has 1 aliphatic heterocycles. The Kier molecular flexibility index (Phi) is 7.64. The number of amides is 2. The Morgan fingerprint density at radius 2 is 2.36 bits per heavy atom. The van der Waals surface area contributed by atoms with E-state index in [1.807, 2.05) is 6.92 Å². The predicted molar refractivity (Wildman–Crippen MR) is 96.4 cm³/mol. The molecule has 0 aromatic carbocycles. The molecule has 25 heavy (non-hydrogen) atoms. The number of halogens is 1. The number of hydrogen-bond donors (Lipinski definition) is 2. The number of aromatic nitrogens is 1. The number of carbonyl (C=O) groups excluding carboxylic acids is 2. The molecule has 1 aromatic rings. The van der Waals surface area contributed by atoms with Gasteiger partial charge in [-0.1, -0.05) is 13.3 Å². The highest BCUT2D eigenvalue weighted by Gasteiger charge is 2.22. The second kappa shape index (κ2) is 9.72. The molecular weight excluding hydrogens is 390 g/mol. The fourth-order valence-corrected chi connectivity index (χ4v) is 3.04. The molecule has 8 heteroatoms. The maximum atomic E-state index is 12.6. The van der Waals surface area contributed by atoms with Crippen LogP contribution in [0.25, 0.3) is 0 Å². The Morgan fingerprint density at radius 1 is 1.56 bits per heavy atom. The molecular formula is C17H24BrN3O4. The Bertz CT molecular complexity index is 606. The number of primary amides is 1. The highest BCUT2D eigenvalue weighted by Crippen LogP contribution is 2.23. The van der Waals surface area contributed by atoms with Gasteiger partial charge in [-0.2, -0.15) is 0 Å². The van der Waals surface area contributed by atoms with Crippen molar-refractivity contribution in [1.29, 1.82) is 0 Å². The Labute approximate surface area is 155 Å². The van der Waals surface area contributed by atoms with Gasteiger partial charge in [0, 0.05) is 29.7 Å². The van der Waals surface area contributed by atoms with Gasteiger partial charge < -0.3 is 20.5 Å². The van der Waals surface area contributed by atoms with Gasteiger partial charge in [-0.15, -0.1) is 0 Å². The fourth-order valence-electron chi connectivity index (χ4n) is 2.73. The van der Waals surface area contributed by atoms with E-state index in [-0.39, 0.29) is 30.2 Å².